The van der Waals surface area contributed by atoms with E-state index in [9.17, 15) is 9.59 Å². The Hall–Kier alpha value is -3.05. The minimum Gasteiger partial charge on any atom is -0.322 e. The molecule has 1 atom stereocenters. The molecule has 0 radical (unpaired) electrons. The Morgan fingerprint density at radius 1 is 1.00 bits per heavy atom. The maximum Gasteiger partial charge on any atom is 0.255 e. The molecule has 5 heteroatoms. The fraction of sp³-hybridized carbons (Fsp3) is 0.310. The van der Waals surface area contributed by atoms with Crippen molar-refractivity contribution in [3.63, 3.8) is 0 Å². The van der Waals surface area contributed by atoms with Gasteiger partial charge in [0.1, 0.15) is 5.37 Å². The molecule has 3 aromatic rings. The Kier molecular flexibility index (Phi) is 6.73. The molecule has 5 rings (SSSR count). The summed E-state index contributed by atoms with van der Waals surface area (Å²) in [7, 11) is 0. The number of unbranched alkanes of at least 4 members (excludes halogenated alkanes) is 1. The van der Waals surface area contributed by atoms with Gasteiger partial charge in [0.15, 0.2) is 0 Å². The molecule has 1 heterocycles. The molecule has 2 amide bonds. The highest BCUT2D eigenvalue weighted by Gasteiger charge is 2.34. The number of rotatable bonds is 7. The van der Waals surface area contributed by atoms with Gasteiger partial charge in [0.05, 0.1) is 5.75 Å². The topological polar surface area (TPSA) is 49.4 Å². The second-order valence-electron chi connectivity index (χ2n) is 9.11. The van der Waals surface area contributed by atoms with Gasteiger partial charge in [-0.05, 0) is 90.8 Å². The summed E-state index contributed by atoms with van der Waals surface area (Å²) in [6, 6.07) is 22.2. The van der Waals surface area contributed by atoms with Crippen LogP contribution in [0.5, 0.6) is 0 Å². The van der Waals surface area contributed by atoms with E-state index < -0.39 is 0 Å². The summed E-state index contributed by atoms with van der Waals surface area (Å²) in [6.07, 6.45) is 6.80. The number of amides is 2. The minimum atomic E-state index is -0.111. The first-order valence-corrected chi connectivity index (χ1v) is 13.2. The first-order valence-electron chi connectivity index (χ1n) is 12.2. The highest BCUT2D eigenvalue weighted by Crippen LogP contribution is 2.43. The van der Waals surface area contributed by atoms with Crippen LogP contribution in [0.2, 0.25) is 0 Å². The Bertz CT molecular complexity index is 1190. The third kappa shape index (κ3) is 4.76. The number of hydrogen-bond donors (Lipinski definition) is 1. The maximum atomic E-state index is 12.8. The molecule has 1 aliphatic carbocycles. The van der Waals surface area contributed by atoms with Crippen LogP contribution in [0.4, 0.5) is 11.4 Å². The van der Waals surface area contributed by atoms with Crippen molar-refractivity contribution >= 4 is 35.0 Å². The molecule has 0 aromatic heterocycles. The number of aryl methyl sites for hydroxylation is 3. The smallest absolute Gasteiger partial charge is 0.255 e. The van der Waals surface area contributed by atoms with Gasteiger partial charge in [0.25, 0.3) is 5.91 Å². The van der Waals surface area contributed by atoms with Gasteiger partial charge >= 0.3 is 0 Å². The summed E-state index contributed by atoms with van der Waals surface area (Å²) in [4.78, 5) is 27.4. The molecular weight excluding hydrogens is 440 g/mol. The molecule has 1 aliphatic heterocycles. The summed E-state index contributed by atoms with van der Waals surface area (Å²) < 4.78 is 0. The molecule has 0 spiro atoms. The molecule has 4 nitrogen and oxygen atoms in total. The van der Waals surface area contributed by atoms with Gasteiger partial charge in [0, 0.05) is 16.9 Å². The molecule has 3 aromatic carbocycles. The summed E-state index contributed by atoms with van der Waals surface area (Å²) in [5.74, 6) is 0.516. The Morgan fingerprint density at radius 3 is 2.53 bits per heavy atom. The van der Waals surface area contributed by atoms with E-state index in [1.165, 1.54) is 23.1 Å². The van der Waals surface area contributed by atoms with E-state index in [-0.39, 0.29) is 17.2 Å². The van der Waals surface area contributed by atoms with Crippen molar-refractivity contribution in [2.24, 2.45) is 0 Å². The van der Waals surface area contributed by atoms with E-state index in [1.54, 1.807) is 11.8 Å². The standard InChI is InChI=1S/C29H30N2O2S/c1-2-3-5-20-8-10-22(11-9-20)28(33)30-25-15-12-23(13-16-25)29-31(27(32)19-34-29)26-17-14-21-6-4-7-24(21)18-26/h8-18,29H,2-7,19H2,1H3,(H,30,33)/t29-/m0/s1. The number of anilines is 2. The zero-order chi connectivity index (χ0) is 23.5. The van der Waals surface area contributed by atoms with E-state index >= 15 is 0 Å². The van der Waals surface area contributed by atoms with E-state index in [4.69, 9.17) is 0 Å². The molecule has 0 saturated carbocycles. The number of nitrogens with zero attached hydrogens (tertiary/aromatic N) is 1. The second-order valence-corrected chi connectivity index (χ2v) is 10.2. The molecule has 0 bridgehead atoms. The quantitative estimate of drug-likeness (QED) is 0.426. The number of thioether (sulfide) groups is 1. The molecular formula is C29H30N2O2S. The molecule has 0 unspecified atom stereocenters. The predicted octanol–water partition coefficient (Wildman–Crippen LogP) is 6.55. The first-order chi connectivity index (χ1) is 16.6. The van der Waals surface area contributed by atoms with Crippen molar-refractivity contribution in [1.82, 2.24) is 0 Å². The lowest BCUT2D eigenvalue weighted by atomic mass is 10.1. The van der Waals surface area contributed by atoms with Crippen molar-refractivity contribution in [2.75, 3.05) is 16.0 Å². The number of benzene rings is 3. The van der Waals surface area contributed by atoms with E-state index in [0.29, 0.717) is 11.3 Å². The summed E-state index contributed by atoms with van der Waals surface area (Å²) in [5.41, 5.74) is 7.51. The van der Waals surface area contributed by atoms with Crippen LogP contribution in [0.25, 0.3) is 0 Å². The van der Waals surface area contributed by atoms with Crippen molar-refractivity contribution in [3.8, 4) is 0 Å². The summed E-state index contributed by atoms with van der Waals surface area (Å²) in [6.45, 7) is 2.18. The SMILES string of the molecule is CCCCc1ccc(C(=O)Nc2ccc([C@@H]3SCC(=O)N3c3ccc4c(c3)CCC4)cc2)cc1. The van der Waals surface area contributed by atoms with Crippen LogP contribution in [0.3, 0.4) is 0 Å². The van der Waals surface area contributed by atoms with Crippen molar-refractivity contribution in [3.05, 3.63) is 94.5 Å². The van der Waals surface area contributed by atoms with Crippen LogP contribution in [-0.2, 0) is 24.1 Å². The molecule has 1 fully saturated rings. The lowest BCUT2D eigenvalue weighted by molar-refractivity contribution is -0.115. The van der Waals surface area contributed by atoms with Crippen LogP contribution in [0, 0.1) is 0 Å². The van der Waals surface area contributed by atoms with Crippen molar-refractivity contribution in [2.45, 2.75) is 50.8 Å². The lowest BCUT2D eigenvalue weighted by Crippen LogP contribution is -2.27. The molecule has 34 heavy (non-hydrogen) atoms. The predicted molar refractivity (Wildman–Crippen MR) is 141 cm³/mol. The summed E-state index contributed by atoms with van der Waals surface area (Å²) >= 11 is 1.65. The minimum absolute atomic E-state index is 0.0487. The van der Waals surface area contributed by atoms with Crippen LogP contribution < -0.4 is 10.2 Å². The van der Waals surface area contributed by atoms with E-state index in [1.807, 2.05) is 53.4 Å². The number of carbonyl (C=O) groups excluding carboxylic acids is 2. The molecule has 1 saturated heterocycles. The largest absolute Gasteiger partial charge is 0.322 e. The lowest BCUT2D eigenvalue weighted by Gasteiger charge is -2.25. The van der Waals surface area contributed by atoms with E-state index in [2.05, 4.69) is 30.4 Å². The van der Waals surface area contributed by atoms with Crippen LogP contribution >= 0.6 is 11.8 Å². The van der Waals surface area contributed by atoms with Gasteiger partial charge in [0.2, 0.25) is 5.91 Å². The second kappa shape index (κ2) is 10.1. The average Bonchev–Trinajstić information content (AvgIpc) is 3.49. The third-order valence-corrected chi connectivity index (χ3v) is 7.93. The number of carbonyl (C=O) groups is 2. The summed E-state index contributed by atoms with van der Waals surface area (Å²) in [5, 5.41) is 2.94. The highest BCUT2D eigenvalue weighted by molar-refractivity contribution is 8.00. The van der Waals surface area contributed by atoms with Gasteiger partial charge in [-0.3, -0.25) is 14.5 Å². The number of fused-ring (bicyclic) bond motifs is 1. The third-order valence-electron chi connectivity index (χ3n) is 6.72. The van der Waals surface area contributed by atoms with Crippen LogP contribution in [0.15, 0.2) is 66.7 Å². The molecule has 2 aliphatic rings. The normalized spacial score (nSPS) is 17.1. The zero-order valence-corrected chi connectivity index (χ0v) is 20.4. The molecule has 174 valence electrons. The van der Waals surface area contributed by atoms with Gasteiger partial charge in [-0.1, -0.05) is 43.7 Å². The molecule has 1 N–H and O–H groups in total. The Labute approximate surface area is 205 Å². The fourth-order valence-electron chi connectivity index (χ4n) is 4.80. The monoisotopic (exact) mass is 470 g/mol. The van der Waals surface area contributed by atoms with Crippen LogP contribution in [-0.4, -0.2) is 17.6 Å². The van der Waals surface area contributed by atoms with Crippen LogP contribution in [0.1, 0.15) is 64.2 Å². The van der Waals surface area contributed by atoms with Crippen molar-refractivity contribution < 1.29 is 9.59 Å². The number of nitrogens with one attached hydrogen (secondary N) is 1. The van der Waals surface area contributed by atoms with Crippen molar-refractivity contribution in [1.29, 1.82) is 0 Å². The Balaban J connectivity index is 1.27. The maximum absolute atomic E-state index is 12.8. The Morgan fingerprint density at radius 2 is 1.76 bits per heavy atom. The zero-order valence-electron chi connectivity index (χ0n) is 19.5. The highest BCUT2D eigenvalue weighted by atomic mass is 32.2. The first kappa shape index (κ1) is 22.7. The number of hydrogen-bond acceptors (Lipinski definition) is 3. The van der Waals surface area contributed by atoms with Gasteiger partial charge in [-0.15, -0.1) is 11.8 Å². The van der Waals surface area contributed by atoms with Gasteiger partial charge in [-0.2, -0.15) is 0 Å². The fourth-order valence-corrected chi connectivity index (χ4v) is 5.97. The van der Waals surface area contributed by atoms with Gasteiger partial charge in [-0.25, -0.2) is 0 Å². The van der Waals surface area contributed by atoms with E-state index in [0.717, 1.165) is 49.0 Å². The average molecular weight is 471 g/mol. The van der Waals surface area contributed by atoms with Gasteiger partial charge < -0.3 is 5.32 Å².